The smallest absolute Gasteiger partial charge is 0.236 e. The molecule has 66 valence electrons. The number of methoxy groups -OCH3 is 2. The third-order valence-electron chi connectivity index (χ3n) is 1.30. The summed E-state index contributed by atoms with van der Waals surface area (Å²) in [5.41, 5.74) is 0. The lowest BCUT2D eigenvalue weighted by atomic mass is 10.4. The van der Waals surface area contributed by atoms with Gasteiger partial charge in [0.25, 0.3) is 0 Å². The van der Waals surface area contributed by atoms with E-state index in [2.05, 4.69) is 4.98 Å². The predicted molar refractivity (Wildman–Crippen MR) is 47.4 cm³/mol. The Hall–Kier alpha value is -0.670. The fraction of sp³-hybridized carbons (Fsp3) is 0.286. The van der Waals surface area contributed by atoms with Gasteiger partial charge in [0.2, 0.25) is 5.88 Å². The van der Waals surface area contributed by atoms with Crippen LogP contribution in [0.25, 0.3) is 0 Å². The molecule has 0 radical (unpaired) electrons. The van der Waals surface area contributed by atoms with Gasteiger partial charge in [-0.05, 0) is 0 Å². The number of halogens is 2. The summed E-state index contributed by atoms with van der Waals surface area (Å²) < 4.78 is 9.80. The van der Waals surface area contributed by atoms with E-state index in [1.165, 1.54) is 20.4 Å². The Kier molecular flexibility index (Phi) is 3.00. The van der Waals surface area contributed by atoms with E-state index in [1.807, 2.05) is 0 Å². The van der Waals surface area contributed by atoms with Crippen molar-refractivity contribution in [1.82, 2.24) is 4.98 Å². The minimum atomic E-state index is 0.285. The summed E-state index contributed by atoms with van der Waals surface area (Å²) >= 11 is 11.5. The monoisotopic (exact) mass is 207 g/mol. The Balaban J connectivity index is 3.24. The quantitative estimate of drug-likeness (QED) is 0.747. The Morgan fingerprint density at radius 1 is 1.25 bits per heavy atom. The van der Waals surface area contributed by atoms with E-state index < -0.39 is 0 Å². The molecule has 0 fully saturated rings. The Bertz CT molecular complexity index is 291. The topological polar surface area (TPSA) is 31.4 Å². The van der Waals surface area contributed by atoms with Gasteiger partial charge in [0.05, 0.1) is 20.4 Å². The summed E-state index contributed by atoms with van der Waals surface area (Å²) in [7, 11) is 2.95. The van der Waals surface area contributed by atoms with Gasteiger partial charge in [-0.1, -0.05) is 23.2 Å². The van der Waals surface area contributed by atoms with Crippen molar-refractivity contribution in [2.75, 3.05) is 14.2 Å². The lowest BCUT2D eigenvalue weighted by Gasteiger charge is -2.07. The van der Waals surface area contributed by atoms with Crippen LogP contribution in [0.3, 0.4) is 0 Å². The van der Waals surface area contributed by atoms with Crippen molar-refractivity contribution in [1.29, 1.82) is 0 Å². The highest BCUT2D eigenvalue weighted by atomic mass is 35.5. The molecule has 0 aliphatic rings. The largest absolute Gasteiger partial charge is 0.493 e. The molecular weight excluding hydrogens is 201 g/mol. The predicted octanol–water partition coefficient (Wildman–Crippen LogP) is 2.41. The van der Waals surface area contributed by atoms with Crippen molar-refractivity contribution in [2.45, 2.75) is 0 Å². The van der Waals surface area contributed by atoms with E-state index in [-0.39, 0.29) is 5.02 Å². The van der Waals surface area contributed by atoms with E-state index in [0.29, 0.717) is 16.7 Å². The van der Waals surface area contributed by atoms with Crippen LogP contribution in [-0.4, -0.2) is 19.2 Å². The summed E-state index contributed by atoms with van der Waals surface area (Å²) in [6.45, 7) is 0. The maximum absolute atomic E-state index is 5.82. The van der Waals surface area contributed by atoms with E-state index in [4.69, 9.17) is 32.7 Å². The molecule has 0 bridgehead atoms. The van der Waals surface area contributed by atoms with E-state index in [1.54, 1.807) is 0 Å². The fourth-order valence-electron chi connectivity index (χ4n) is 0.762. The molecule has 12 heavy (non-hydrogen) atoms. The van der Waals surface area contributed by atoms with Gasteiger partial charge in [-0.15, -0.1) is 0 Å². The molecule has 5 heteroatoms. The van der Waals surface area contributed by atoms with Gasteiger partial charge in [0.1, 0.15) is 10.0 Å². The van der Waals surface area contributed by atoms with Gasteiger partial charge in [-0.2, -0.15) is 0 Å². The zero-order valence-electron chi connectivity index (χ0n) is 6.60. The molecule has 0 saturated heterocycles. The van der Waals surface area contributed by atoms with E-state index in [9.17, 15) is 0 Å². The molecule has 0 aromatic carbocycles. The first-order valence-electron chi connectivity index (χ1n) is 3.12. The number of hydrogen-bond donors (Lipinski definition) is 0. The average molecular weight is 208 g/mol. The van der Waals surface area contributed by atoms with Gasteiger partial charge in [0.15, 0.2) is 5.75 Å². The summed E-state index contributed by atoms with van der Waals surface area (Å²) in [6.07, 6.45) is 1.42. The fourth-order valence-corrected chi connectivity index (χ4v) is 1.34. The molecule has 3 nitrogen and oxygen atoms in total. The van der Waals surface area contributed by atoms with Crippen LogP contribution in [0.1, 0.15) is 0 Å². The van der Waals surface area contributed by atoms with Crippen LogP contribution in [0.15, 0.2) is 6.20 Å². The highest BCUT2D eigenvalue weighted by Crippen LogP contribution is 2.37. The SMILES string of the molecule is COc1ncc(Cl)c(OC)c1Cl. The normalized spacial score (nSPS) is 9.67. The number of ether oxygens (including phenoxy) is 2. The Labute approximate surface area is 80.2 Å². The van der Waals surface area contributed by atoms with Gasteiger partial charge in [0, 0.05) is 0 Å². The molecule has 0 spiro atoms. The molecule has 0 saturated carbocycles. The summed E-state index contributed by atoms with van der Waals surface area (Å²) in [5, 5.41) is 0.649. The van der Waals surface area contributed by atoms with Crippen molar-refractivity contribution in [3.63, 3.8) is 0 Å². The maximum atomic E-state index is 5.82. The number of rotatable bonds is 2. The number of pyridine rings is 1. The zero-order chi connectivity index (χ0) is 9.14. The van der Waals surface area contributed by atoms with Crippen LogP contribution in [0.4, 0.5) is 0 Å². The van der Waals surface area contributed by atoms with Crippen molar-refractivity contribution in [3.8, 4) is 11.6 Å². The first-order chi connectivity index (χ1) is 5.70. The first kappa shape index (κ1) is 9.42. The number of aromatic nitrogens is 1. The van der Waals surface area contributed by atoms with E-state index in [0.717, 1.165) is 0 Å². The second-order valence-corrected chi connectivity index (χ2v) is 2.75. The molecule has 0 aliphatic heterocycles. The van der Waals surface area contributed by atoms with Crippen molar-refractivity contribution >= 4 is 23.2 Å². The van der Waals surface area contributed by atoms with Crippen LogP contribution >= 0.6 is 23.2 Å². The second-order valence-electron chi connectivity index (χ2n) is 1.96. The molecular formula is C7H7Cl2NO2. The van der Waals surface area contributed by atoms with Gasteiger partial charge in [-0.3, -0.25) is 0 Å². The minimum absolute atomic E-state index is 0.285. The third kappa shape index (κ3) is 1.57. The van der Waals surface area contributed by atoms with Gasteiger partial charge >= 0.3 is 0 Å². The Morgan fingerprint density at radius 3 is 2.42 bits per heavy atom. The maximum Gasteiger partial charge on any atom is 0.236 e. The molecule has 0 atom stereocenters. The first-order valence-corrected chi connectivity index (χ1v) is 3.88. The van der Waals surface area contributed by atoms with Crippen LogP contribution in [0.5, 0.6) is 11.6 Å². The highest BCUT2D eigenvalue weighted by molar-refractivity contribution is 6.37. The Morgan fingerprint density at radius 2 is 1.92 bits per heavy atom. The average Bonchev–Trinajstić information content (AvgIpc) is 2.06. The second kappa shape index (κ2) is 3.83. The van der Waals surface area contributed by atoms with Crippen LogP contribution in [0, 0.1) is 0 Å². The van der Waals surface area contributed by atoms with Crippen molar-refractivity contribution in [3.05, 3.63) is 16.2 Å². The lowest BCUT2D eigenvalue weighted by molar-refractivity contribution is 0.383. The molecule has 0 amide bonds. The lowest BCUT2D eigenvalue weighted by Crippen LogP contribution is -1.92. The summed E-state index contributed by atoms with van der Waals surface area (Å²) in [4.78, 5) is 3.84. The molecule has 0 unspecified atom stereocenters. The molecule has 1 aromatic rings. The molecule has 0 N–H and O–H groups in total. The van der Waals surface area contributed by atoms with Crippen molar-refractivity contribution in [2.24, 2.45) is 0 Å². The molecule has 1 aromatic heterocycles. The van der Waals surface area contributed by atoms with Crippen LogP contribution in [-0.2, 0) is 0 Å². The van der Waals surface area contributed by atoms with Crippen LogP contribution < -0.4 is 9.47 Å². The standard InChI is InChI=1S/C7H7Cl2NO2/c1-11-6-4(8)3-10-7(12-2)5(6)9/h3H,1-2H3. The number of hydrogen-bond acceptors (Lipinski definition) is 3. The minimum Gasteiger partial charge on any atom is -0.493 e. The van der Waals surface area contributed by atoms with Gasteiger partial charge in [-0.25, -0.2) is 4.98 Å². The van der Waals surface area contributed by atoms with Crippen LogP contribution in [0.2, 0.25) is 10.0 Å². The molecule has 1 rings (SSSR count). The number of nitrogens with zero attached hydrogens (tertiary/aromatic N) is 1. The summed E-state index contributed by atoms with van der Waals surface area (Å²) in [5.74, 6) is 0.683. The molecule has 1 heterocycles. The van der Waals surface area contributed by atoms with E-state index >= 15 is 0 Å². The summed E-state index contributed by atoms with van der Waals surface area (Å²) in [6, 6.07) is 0. The molecule has 0 aliphatic carbocycles. The zero-order valence-corrected chi connectivity index (χ0v) is 8.11. The highest BCUT2D eigenvalue weighted by Gasteiger charge is 2.12. The third-order valence-corrected chi connectivity index (χ3v) is 1.90. The van der Waals surface area contributed by atoms with Crippen molar-refractivity contribution < 1.29 is 9.47 Å². The van der Waals surface area contributed by atoms with Gasteiger partial charge < -0.3 is 9.47 Å².